The van der Waals surface area contributed by atoms with Crippen LogP contribution >= 0.6 is 34.5 Å². The molecule has 190 valence electrons. The Kier molecular flexibility index (Phi) is 10.1. The van der Waals surface area contributed by atoms with Crippen LogP contribution in [0.25, 0.3) is 0 Å². The van der Waals surface area contributed by atoms with Gasteiger partial charge in [0.2, 0.25) is 0 Å². The van der Waals surface area contributed by atoms with E-state index in [2.05, 4.69) is 15.3 Å². The van der Waals surface area contributed by atoms with E-state index in [4.69, 9.17) is 49.4 Å². The molecule has 1 fully saturated rings. The fourth-order valence-corrected chi connectivity index (χ4v) is 4.08. The standard InChI is InChI=1S/C15H15Cl2FN4O3S.C4H11NO3/c1-6-10(16)11(17)12(20-6)13(23)21-8-2-3-22(5-7(8)18)15-19-4-9(26-15)14(24)25;5-4(1-6,2-7)3-8/h4,7-8,20H,2-3,5H2,1H3,(H,21,23)(H,24,25);6-8H,1-3,5H2/t7-,8+;/m0./s1. The second-order valence-corrected chi connectivity index (χ2v) is 9.50. The van der Waals surface area contributed by atoms with Crippen LogP contribution in [0.4, 0.5) is 9.52 Å². The van der Waals surface area contributed by atoms with E-state index in [1.54, 1.807) is 11.8 Å². The Labute approximate surface area is 208 Å². The summed E-state index contributed by atoms with van der Waals surface area (Å²) in [6, 6.07) is -0.684. The molecule has 2 atom stereocenters. The van der Waals surface area contributed by atoms with Crippen molar-refractivity contribution in [1.82, 2.24) is 15.3 Å². The number of aromatic amines is 1. The molecule has 8 N–H and O–H groups in total. The van der Waals surface area contributed by atoms with Gasteiger partial charge in [0, 0.05) is 12.2 Å². The number of alkyl halides is 1. The van der Waals surface area contributed by atoms with Gasteiger partial charge in [-0.15, -0.1) is 0 Å². The first-order valence-corrected chi connectivity index (χ1v) is 11.6. The quantitative estimate of drug-likeness (QED) is 0.266. The fraction of sp³-hybridized carbons (Fsp3) is 0.526. The molecule has 3 heterocycles. The number of carboxylic acid groups (broad SMARTS) is 1. The number of nitrogens with two attached hydrogens (primary N) is 1. The first-order valence-electron chi connectivity index (χ1n) is 10.00. The number of piperidine rings is 1. The Balaban J connectivity index is 0.000000440. The number of aryl methyl sites for hydroxylation is 1. The summed E-state index contributed by atoms with van der Waals surface area (Å²) in [4.78, 5) is 31.9. The van der Waals surface area contributed by atoms with Crippen molar-refractivity contribution in [2.45, 2.75) is 31.1 Å². The van der Waals surface area contributed by atoms with Gasteiger partial charge < -0.3 is 41.4 Å². The van der Waals surface area contributed by atoms with Gasteiger partial charge >= 0.3 is 5.97 Å². The van der Waals surface area contributed by atoms with E-state index >= 15 is 0 Å². The number of amides is 1. The number of rotatable bonds is 7. The molecule has 1 aliphatic rings. The Morgan fingerprint density at radius 2 is 1.94 bits per heavy atom. The van der Waals surface area contributed by atoms with Crippen LogP contribution in [0.15, 0.2) is 6.20 Å². The Morgan fingerprint density at radius 1 is 1.32 bits per heavy atom. The summed E-state index contributed by atoms with van der Waals surface area (Å²) in [6.45, 7) is 0.923. The molecule has 0 saturated carbocycles. The third-order valence-electron chi connectivity index (χ3n) is 5.06. The maximum absolute atomic E-state index is 14.5. The number of aliphatic hydroxyl groups is 3. The first-order chi connectivity index (χ1) is 16.0. The number of nitrogens with zero attached hydrogens (tertiary/aromatic N) is 2. The van der Waals surface area contributed by atoms with Gasteiger partial charge in [0.25, 0.3) is 5.91 Å². The lowest BCUT2D eigenvalue weighted by atomic mass is 10.0. The van der Waals surface area contributed by atoms with E-state index in [9.17, 15) is 14.0 Å². The second-order valence-electron chi connectivity index (χ2n) is 7.73. The Hall–Kier alpha value is -2.00. The van der Waals surface area contributed by atoms with Crippen molar-refractivity contribution in [2.24, 2.45) is 5.73 Å². The van der Waals surface area contributed by atoms with Crippen LogP contribution in [-0.4, -0.2) is 92.9 Å². The van der Waals surface area contributed by atoms with Crippen molar-refractivity contribution in [2.75, 3.05) is 37.8 Å². The summed E-state index contributed by atoms with van der Waals surface area (Å²) in [5.41, 5.74) is 4.61. The molecule has 0 radical (unpaired) electrons. The number of hydrogen-bond donors (Lipinski definition) is 7. The van der Waals surface area contributed by atoms with Crippen molar-refractivity contribution in [3.05, 3.63) is 32.5 Å². The number of carboxylic acids is 1. The molecule has 1 saturated heterocycles. The molecule has 1 aliphatic heterocycles. The van der Waals surface area contributed by atoms with Crippen LogP contribution < -0.4 is 16.0 Å². The zero-order valence-corrected chi connectivity index (χ0v) is 20.4. The van der Waals surface area contributed by atoms with Crippen molar-refractivity contribution < 1.29 is 34.4 Å². The predicted octanol–water partition coefficient (Wildman–Crippen LogP) is 0.792. The summed E-state index contributed by atoms with van der Waals surface area (Å²) < 4.78 is 14.5. The maximum Gasteiger partial charge on any atom is 0.347 e. The number of carbonyl (C=O) groups excluding carboxylic acids is 1. The van der Waals surface area contributed by atoms with Crippen molar-refractivity contribution in [3.63, 3.8) is 0 Å². The average Bonchev–Trinajstić information content (AvgIpc) is 3.42. The van der Waals surface area contributed by atoms with Crippen LogP contribution in [-0.2, 0) is 0 Å². The van der Waals surface area contributed by atoms with Gasteiger partial charge in [-0.05, 0) is 13.3 Å². The fourth-order valence-electron chi connectivity index (χ4n) is 2.87. The van der Waals surface area contributed by atoms with Gasteiger partial charge in [-0.2, -0.15) is 0 Å². The lowest BCUT2D eigenvalue weighted by Crippen LogP contribution is -2.52. The normalized spacial score (nSPS) is 18.3. The molecule has 0 aromatic carbocycles. The highest BCUT2D eigenvalue weighted by Gasteiger charge is 2.33. The molecule has 0 spiro atoms. The van der Waals surface area contributed by atoms with Crippen LogP contribution in [0.3, 0.4) is 0 Å². The van der Waals surface area contributed by atoms with Gasteiger partial charge in [-0.3, -0.25) is 4.79 Å². The summed E-state index contributed by atoms with van der Waals surface area (Å²) in [5, 5.41) is 37.4. The smallest absolute Gasteiger partial charge is 0.347 e. The minimum absolute atomic E-state index is 0.00968. The van der Waals surface area contributed by atoms with Crippen LogP contribution in [0.2, 0.25) is 10.0 Å². The molecule has 11 nitrogen and oxygen atoms in total. The molecule has 34 heavy (non-hydrogen) atoms. The molecule has 3 rings (SSSR count). The number of hydrogen-bond acceptors (Lipinski definition) is 9. The van der Waals surface area contributed by atoms with Gasteiger partial charge in [0.15, 0.2) is 5.13 Å². The maximum atomic E-state index is 14.5. The minimum atomic E-state index is -1.34. The lowest BCUT2D eigenvalue weighted by molar-refractivity contribution is 0.0694. The highest BCUT2D eigenvalue weighted by molar-refractivity contribution is 7.17. The number of anilines is 1. The van der Waals surface area contributed by atoms with Crippen molar-refractivity contribution in [1.29, 1.82) is 0 Å². The number of thiazole rings is 1. The number of nitrogens with one attached hydrogen (secondary N) is 2. The third kappa shape index (κ3) is 6.78. The third-order valence-corrected chi connectivity index (χ3v) is 7.05. The summed E-state index contributed by atoms with van der Waals surface area (Å²) in [7, 11) is 0. The lowest BCUT2D eigenvalue weighted by Gasteiger charge is -2.34. The van der Waals surface area contributed by atoms with E-state index in [1.165, 1.54) is 6.20 Å². The number of aliphatic hydroxyl groups excluding tert-OH is 3. The zero-order valence-electron chi connectivity index (χ0n) is 18.1. The van der Waals surface area contributed by atoms with E-state index < -0.39 is 49.4 Å². The number of aromatic carboxylic acids is 1. The molecule has 2 aromatic rings. The molecular weight excluding hydrogens is 516 g/mol. The largest absolute Gasteiger partial charge is 0.477 e. The summed E-state index contributed by atoms with van der Waals surface area (Å²) >= 11 is 13.0. The number of halogens is 3. The summed E-state index contributed by atoms with van der Waals surface area (Å²) in [5.74, 6) is -1.59. The van der Waals surface area contributed by atoms with Crippen molar-refractivity contribution in [3.8, 4) is 0 Å². The molecule has 0 unspecified atom stereocenters. The number of carbonyl (C=O) groups is 2. The van der Waals surface area contributed by atoms with Gasteiger partial charge in [0.1, 0.15) is 16.7 Å². The molecular formula is C19H26Cl2FN5O6S. The van der Waals surface area contributed by atoms with E-state index in [-0.39, 0.29) is 27.2 Å². The van der Waals surface area contributed by atoms with Crippen LogP contribution in [0.5, 0.6) is 0 Å². The number of aromatic nitrogens is 2. The molecule has 15 heteroatoms. The highest BCUT2D eigenvalue weighted by atomic mass is 35.5. The highest BCUT2D eigenvalue weighted by Crippen LogP contribution is 2.30. The van der Waals surface area contributed by atoms with Gasteiger partial charge in [-0.25, -0.2) is 14.2 Å². The number of H-pyrrole nitrogens is 1. The monoisotopic (exact) mass is 541 g/mol. The molecule has 0 bridgehead atoms. The molecule has 2 aromatic heterocycles. The topological polar surface area (TPSA) is 185 Å². The van der Waals surface area contributed by atoms with E-state index in [0.29, 0.717) is 23.8 Å². The predicted molar refractivity (Wildman–Crippen MR) is 126 cm³/mol. The van der Waals surface area contributed by atoms with Crippen LogP contribution in [0.1, 0.15) is 32.3 Å². The van der Waals surface area contributed by atoms with Gasteiger partial charge in [0.05, 0.1) is 54.2 Å². The van der Waals surface area contributed by atoms with Crippen LogP contribution in [0, 0.1) is 6.92 Å². The molecule has 1 amide bonds. The molecule has 0 aliphatic carbocycles. The minimum Gasteiger partial charge on any atom is -0.477 e. The Morgan fingerprint density at radius 3 is 2.35 bits per heavy atom. The summed E-state index contributed by atoms with van der Waals surface area (Å²) in [6.07, 6.45) is 0.262. The van der Waals surface area contributed by atoms with E-state index in [1.807, 2.05) is 0 Å². The van der Waals surface area contributed by atoms with E-state index in [0.717, 1.165) is 11.3 Å². The Bertz CT molecular complexity index is 994. The average molecular weight is 542 g/mol. The first kappa shape index (κ1) is 28.2. The SMILES string of the molecule is Cc1[nH]c(C(=O)N[C@@H]2CCN(c3ncc(C(=O)O)s3)C[C@@H]2F)c(Cl)c1Cl.NC(CO)(CO)CO. The van der Waals surface area contributed by atoms with Gasteiger partial charge in [-0.1, -0.05) is 34.5 Å². The van der Waals surface area contributed by atoms with Crippen molar-refractivity contribution >= 4 is 51.5 Å². The second kappa shape index (κ2) is 12.1. The zero-order chi connectivity index (χ0) is 25.6.